The number of nitrogens with zero attached hydrogens (tertiary/aromatic N) is 2. The number of phenols is 1. The fourth-order valence-corrected chi connectivity index (χ4v) is 3.24. The highest BCUT2D eigenvalue weighted by atomic mass is 16.3. The van der Waals surface area contributed by atoms with Gasteiger partial charge in [-0.1, -0.05) is 38.7 Å². The van der Waals surface area contributed by atoms with Gasteiger partial charge < -0.3 is 10.1 Å². The zero-order valence-corrected chi connectivity index (χ0v) is 16.5. The van der Waals surface area contributed by atoms with Crippen LogP contribution in [0, 0.1) is 5.92 Å². The average Bonchev–Trinajstić information content (AvgIpc) is 3.09. The Bertz CT molecular complexity index is 804. The van der Waals surface area contributed by atoms with Crippen LogP contribution in [-0.4, -0.2) is 33.1 Å². The predicted molar refractivity (Wildman–Crippen MR) is 114 cm³/mol. The van der Waals surface area contributed by atoms with Crippen molar-refractivity contribution in [2.24, 2.45) is 5.92 Å². The lowest BCUT2D eigenvalue weighted by Gasteiger charge is -2.30. The molecule has 1 aromatic carbocycles. The van der Waals surface area contributed by atoms with Crippen LogP contribution in [0.5, 0.6) is 5.75 Å². The summed E-state index contributed by atoms with van der Waals surface area (Å²) < 4.78 is 0. The van der Waals surface area contributed by atoms with E-state index in [1.807, 2.05) is 32.1 Å². The van der Waals surface area contributed by atoms with Gasteiger partial charge >= 0.3 is 0 Å². The van der Waals surface area contributed by atoms with Crippen molar-refractivity contribution in [2.75, 3.05) is 13.1 Å². The van der Waals surface area contributed by atoms with E-state index >= 15 is 0 Å². The van der Waals surface area contributed by atoms with Crippen LogP contribution in [0.2, 0.25) is 0 Å². The summed E-state index contributed by atoms with van der Waals surface area (Å²) in [7, 11) is 0. The molecule has 144 valence electrons. The third-order valence-electron chi connectivity index (χ3n) is 4.61. The SMILES string of the molecule is C=CC=C=C/C=C/CC1CCN(Cc2nc3ccc(O)cc3[nH]2)CC1.CC. The summed E-state index contributed by atoms with van der Waals surface area (Å²) in [6, 6.07) is 5.25. The first-order valence-corrected chi connectivity index (χ1v) is 9.83. The topological polar surface area (TPSA) is 52.1 Å². The standard InChI is InChI=1S/C21H25N3O.C2H6/c1-2-3-4-5-6-7-8-17-11-13-24(14-12-17)16-21-22-19-10-9-18(25)15-20(19)23-21;1-2/h2-3,5-7,9-10,15,17,25H,1,8,11-14,16H2,(H,22,23);1-2H3/b7-6+;. The number of imidazole rings is 1. The Labute approximate surface area is 162 Å². The van der Waals surface area contributed by atoms with Crippen molar-refractivity contribution in [3.8, 4) is 5.75 Å². The number of aromatic nitrogens is 2. The van der Waals surface area contributed by atoms with Crippen LogP contribution >= 0.6 is 0 Å². The van der Waals surface area contributed by atoms with Crippen molar-refractivity contribution in [2.45, 2.75) is 39.7 Å². The first-order chi connectivity index (χ1) is 13.2. The Morgan fingerprint density at radius 2 is 2.07 bits per heavy atom. The summed E-state index contributed by atoms with van der Waals surface area (Å²) in [5, 5.41) is 9.55. The molecule has 0 amide bonds. The molecule has 0 radical (unpaired) electrons. The number of H-pyrrole nitrogens is 1. The molecule has 27 heavy (non-hydrogen) atoms. The lowest BCUT2D eigenvalue weighted by atomic mass is 9.93. The van der Waals surface area contributed by atoms with Gasteiger partial charge in [-0.05, 0) is 62.6 Å². The van der Waals surface area contributed by atoms with Gasteiger partial charge in [0.1, 0.15) is 11.6 Å². The molecule has 4 heteroatoms. The fourth-order valence-electron chi connectivity index (χ4n) is 3.24. The molecule has 3 rings (SSSR count). The summed E-state index contributed by atoms with van der Waals surface area (Å²) >= 11 is 0. The third-order valence-corrected chi connectivity index (χ3v) is 4.61. The normalized spacial score (nSPS) is 15.2. The number of hydrogen-bond donors (Lipinski definition) is 2. The Kier molecular flexibility index (Phi) is 8.63. The number of aromatic hydroxyl groups is 1. The van der Waals surface area contributed by atoms with E-state index in [1.165, 1.54) is 12.8 Å². The first-order valence-electron chi connectivity index (χ1n) is 9.83. The Balaban J connectivity index is 0.00000126. The van der Waals surface area contributed by atoms with Gasteiger partial charge in [-0.15, -0.1) is 5.73 Å². The van der Waals surface area contributed by atoms with E-state index in [-0.39, 0.29) is 5.75 Å². The van der Waals surface area contributed by atoms with Crippen molar-refractivity contribution < 1.29 is 5.11 Å². The Morgan fingerprint density at radius 3 is 2.81 bits per heavy atom. The second-order valence-electron chi connectivity index (χ2n) is 6.50. The quantitative estimate of drug-likeness (QED) is 0.536. The molecule has 2 heterocycles. The largest absolute Gasteiger partial charge is 0.508 e. The minimum absolute atomic E-state index is 0.270. The molecule has 1 aliphatic rings. The lowest BCUT2D eigenvalue weighted by molar-refractivity contribution is 0.175. The van der Waals surface area contributed by atoms with Gasteiger partial charge in [-0.3, -0.25) is 4.90 Å². The number of piperidine rings is 1. The number of benzene rings is 1. The van der Waals surface area contributed by atoms with E-state index in [1.54, 1.807) is 18.2 Å². The molecule has 1 saturated heterocycles. The van der Waals surface area contributed by atoms with E-state index < -0.39 is 0 Å². The average molecular weight is 366 g/mol. The van der Waals surface area contributed by atoms with Gasteiger partial charge in [-0.2, -0.15) is 0 Å². The maximum Gasteiger partial charge on any atom is 0.121 e. The summed E-state index contributed by atoms with van der Waals surface area (Å²) in [6.45, 7) is 10.7. The highest BCUT2D eigenvalue weighted by molar-refractivity contribution is 5.76. The predicted octanol–water partition coefficient (Wildman–Crippen LogP) is 5.35. The second-order valence-corrected chi connectivity index (χ2v) is 6.50. The van der Waals surface area contributed by atoms with Crippen molar-refractivity contribution in [3.05, 3.63) is 66.7 Å². The molecule has 0 aliphatic carbocycles. The van der Waals surface area contributed by atoms with Crippen LogP contribution in [0.15, 0.2) is 60.9 Å². The molecule has 0 unspecified atom stereocenters. The number of allylic oxidation sites excluding steroid dienone is 4. The molecular weight excluding hydrogens is 334 g/mol. The monoisotopic (exact) mass is 365 g/mol. The minimum atomic E-state index is 0.270. The molecule has 0 bridgehead atoms. The van der Waals surface area contributed by atoms with Crippen molar-refractivity contribution >= 4 is 11.0 Å². The molecule has 0 spiro atoms. The van der Waals surface area contributed by atoms with E-state index in [0.717, 1.165) is 48.8 Å². The molecule has 1 aliphatic heterocycles. The zero-order chi connectivity index (χ0) is 19.5. The highest BCUT2D eigenvalue weighted by Crippen LogP contribution is 2.23. The molecule has 0 atom stereocenters. The Morgan fingerprint density at radius 1 is 1.30 bits per heavy atom. The smallest absolute Gasteiger partial charge is 0.121 e. The van der Waals surface area contributed by atoms with E-state index in [2.05, 4.69) is 39.3 Å². The molecule has 1 fully saturated rings. The van der Waals surface area contributed by atoms with Crippen molar-refractivity contribution in [3.63, 3.8) is 0 Å². The van der Waals surface area contributed by atoms with Gasteiger partial charge in [0.15, 0.2) is 0 Å². The van der Waals surface area contributed by atoms with Gasteiger partial charge in [0.2, 0.25) is 0 Å². The van der Waals surface area contributed by atoms with Crippen molar-refractivity contribution in [1.29, 1.82) is 0 Å². The van der Waals surface area contributed by atoms with Gasteiger partial charge in [0.05, 0.1) is 17.6 Å². The molecule has 4 nitrogen and oxygen atoms in total. The molecule has 0 saturated carbocycles. The van der Waals surface area contributed by atoms with Crippen LogP contribution in [0.25, 0.3) is 11.0 Å². The lowest BCUT2D eigenvalue weighted by Crippen LogP contribution is -2.33. The maximum absolute atomic E-state index is 9.55. The van der Waals surface area contributed by atoms with Crippen molar-refractivity contribution in [1.82, 2.24) is 14.9 Å². The maximum atomic E-state index is 9.55. The number of hydrogen-bond acceptors (Lipinski definition) is 3. The third kappa shape index (κ3) is 6.59. The number of rotatable bonds is 6. The molecule has 2 aromatic rings. The van der Waals surface area contributed by atoms with Crippen LogP contribution in [0.1, 0.15) is 38.9 Å². The molecule has 1 aromatic heterocycles. The molecular formula is C23H31N3O. The van der Waals surface area contributed by atoms with E-state index in [4.69, 9.17) is 0 Å². The van der Waals surface area contributed by atoms with Gasteiger partial charge in [-0.25, -0.2) is 4.98 Å². The van der Waals surface area contributed by atoms with Crippen LogP contribution < -0.4 is 0 Å². The van der Waals surface area contributed by atoms with E-state index in [9.17, 15) is 5.11 Å². The second kappa shape index (κ2) is 11.2. The summed E-state index contributed by atoms with van der Waals surface area (Å²) in [4.78, 5) is 10.4. The van der Waals surface area contributed by atoms with Gasteiger partial charge in [0, 0.05) is 6.07 Å². The summed E-state index contributed by atoms with van der Waals surface area (Å²) in [6.07, 6.45) is 13.3. The van der Waals surface area contributed by atoms with Crippen LogP contribution in [-0.2, 0) is 6.54 Å². The Hall–Kier alpha value is -2.55. The summed E-state index contributed by atoms with van der Waals surface area (Å²) in [5.74, 6) is 2.00. The van der Waals surface area contributed by atoms with E-state index in [0.29, 0.717) is 0 Å². The fraction of sp³-hybridized carbons (Fsp3) is 0.391. The number of fused-ring (bicyclic) bond motifs is 1. The number of likely N-dealkylation sites (tertiary alicyclic amines) is 1. The molecule has 2 N–H and O–H groups in total. The van der Waals surface area contributed by atoms with Crippen LogP contribution in [0.3, 0.4) is 0 Å². The van der Waals surface area contributed by atoms with Crippen LogP contribution in [0.4, 0.5) is 0 Å². The minimum Gasteiger partial charge on any atom is -0.508 e. The first kappa shape index (κ1) is 20.8. The number of phenolic OH excluding ortho intramolecular Hbond substituents is 1. The number of aromatic amines is 1. The number of nitrogens with one attached hydrogen (secondary N) is 1. The highest BCUT2D eigenvalue weighted by Gasteiger charge is 2.19. The van der Waals surface area contributed by atoms with Gasteiger partial charge in [0.25, 0.3) is 0 Å². The zero-order valence-electron chi connectivity index (χ0n) is 16.5. The summed E-state index contributed by atoms with van der Waals surface area (Å²) in [5.41, 5.74) is 4.84.